The van der Waals surface area contributed by atoms with Crippen molar-refractivity contribution in [2.24, 2.45) is 0 Å². The van der Waals surface area contributed by atoms with Gasteiger partial charge in [0.1, 0.15) is 6.33 Å². The monoisotopic (exact) mass is 237 g/mol. The van der Waals surface area contributed by atoms with Gasteiger partial charge in [0.05, 0.1) is 0 Å². The Kier molecular flexibility index (Phi) is 4.52. The molecule has 0 spiro atoms. The second-order valence-corrected chi connectivity index (χ2v) is 4.15. The summed E-state index contributed by atoms with van der Waals surface area (Å²) in [5.74, 6) is 0. The number of aromatic nitrogens is 2. The first-order valence-electron chi connectivity index (χ1n) is 6.05. The second kappa shape index (κ2) is 6.36. The van der Waals surface area contributed by atoms with Crippen LogP contribution in [0, 0.1) is 0 Å². The summed E-state index contributed by atoms with van der Waals surface area (Å²) in [6, 6.07) is -0.109. The third-order valence-corrected chi connectivity index (χ3v) is 2.88. The molecule has 1 aliphatic rings. The summed E-state index contributed by atoms with van der Waals surface area (Å²) >= 11 is 0. The molecule has 0 saturated carbocycles. The quantitative estimate of drug-likeness (QED) is 0.708. The summed E-state index contributed by atoms with van der Waals surface area (Å²) in [5, 5.41) is 6.19. The maximum atomic E-state index is 11.5. The molecule has 17 heavy (non-hydrogen) atoms. The lowest BCUT2D eigenvalue weighted by Gasteiger charge is -2.27. The van der Waals surface area contributed by atoms with E-state index in [4.69, 9.17) is 0 Å². The van der Waals surface area contributed by atoms with Gasteiger partial charge in [0.2, 0.25) is 0 Å². The van der Waals surface area contributed by atoms with E-state index >= 15 is 0 Å². The Morgan fingerprint density at radius 3 is 2.94 bits per heavy atom. The lowest BCUT2D eigenvalue weighted by Crippen LogP contribution is -2.44. The first-order valence-corrected chi connectivity index (χ1v) is 6.05. The third kappa shape index (κ3) is 3.83. The van der Waals surface area contributed by atoms with E-state index in [1.165, 1.54) is 10.9 Å². The summed E-state index contributed by atoms with van der Waals surface area (Å²) < 4.78 is 1.45. The van der Waals surface area contributed by atoms with Gasteiger partial charge in [-0.05, 0) is 13.0 Å². The highest BCUT2D eigenvalue weighted by Gasteiger charge is 2.08. The van der Waals surface area contributed by atoms with Crippen molar-refractivity contribution in [3.63, 3.8) is 0 Å². The lowest BCUT2D eigenvalue weighted by molar-refractivity contribution is 0.231. The molecule has 1 amide bonds. The number of nitrogens with one attached hydrogen (secondary N) is 2. The average molecular weight is 237 g/mol. The van der Waals surface area contributed by atoms with Gasteiger partial charge < -0.3 is 15.5 Å². The molecule has 6 nitrogen and oxygen atoms in total. The maximum absolute atomic E-state index is 11.5. The molecule has 0 bridgehead atoms. The van der Waals surface area contributed by atoms with E-state index in [-0.39, 0.29) is 6.03 Å². The first kappa shape index (κ1) is 12.1. The molecule has 0 atom stereocenters. The minimum absolute atomic E-state index is 0.109. The molecule has 1 aliphatic heterocycles. The summed E-state index contributed by atoms with van der Waals surface area (Å²) in [7, 11) is 0. The van der Waals surface area contributed by atoms with E-state index in [1.807, 2.05) is 0 Å². The zero-order valence-corrected chi connectivity index (χ0v) is 9.93. The van der Waals surface area contributed by atoms with E-state index in [9.17, 15) is 4.79 Å². The van der Waals surface area contributed by atoms with Crippen molar-refractivity contribution in [3.8, 4) is 0 Å². The molecule has 1 aromatic rings. The molecule has 6 heteroatoms. The highest BCUT2D eigenvalue weighted by Crippen LogP contribution is 1.93. The van der Waals surface area contributed by atoms with Gasteiger partial charge in [0.15, 0.2) is 0 Å². The van der Waals surface area contributed by atoms with E-state index in [2.05, 4.69) is 20.5 Å². The summed E-state index contributed by atoms with van der Waals surface area (Å²) in [6.45, 7) is 6.11. The van der Waals surface area contributed by atoms with E-state index in [1.54, 1.807) is 12.4 Å². The molecule has 1 saturated heterocycles. The van der Waals surface area contributed by atoms with Crippen LogP contribution in [0.3, 0.4) is 0 Å². The van der Waals surface area contributed by atoms with Crippen molar-refractivity contribution in [3.05, 3.63) is 18.7 Å². The second-order valence-electron chi connectivity index (χ2n) is 4.15. The fourth-order valence-corrected chi connectivity index (χ4v) is 1.90. The topological polar surface area (TPSA) is 62.2 Å². The van der Waals surface area contributed by atoms with Crippen molar-refractivity contribution >= 4 is 6.03 Å². The zero-order chi connectivity index (χ0) is 11.9. The summed E-state index contributed by atoms with van der Waals surface area (Å²) in [4.78, 5) is 17.8. The Morgan fingerprint density at radius 2 is 2.24 bits per heavy atom. The Morgan fingerprint density at radius 1 is 1.41 bits per heavy atom. The molecule has 1 aromatic heterocycles. The molecule has 2 N–H and O–H groups in total. The number of piperazine rings is 1. The third-order valence-electron chi connectivity index (χ3n) is 2.88. The largest absolute Gasteiger partial charge is 0.337 e. The van der Waals surface area contributed by atoms with Crippen LogP contribution in [-0.2, 0) is 0 Å². The zero-order valence-electron chi connectivity index (χ0n) is 9.93. The van der Waals surface area contributed by atoms with Crippen LogP contribution in [0.1, 0.15) is 6.42 Å². The van der Waals surface area contributed by atoms with Crippen LogP contribution in [0.15, 0.2) is 18.7 Å². The smallest absolute Gasteiger partial charge is 0.326 e. The minimum Gasteiger partial charge on any atom is -0.337 e. The van der Waals surface area contributed by atoms with E-state index < -0.39 is 0 Å². The fourth-order valence-electron chi connectivity index (χ4n) is 1.90. The number of amides is 1. The molecule has 2 rings (SSSR count). The lowest BCUT2D eigenvalue weighted by atomic mass is 10.3. The SMILES string of the molecule is O=C(NCCCN1CCNCC1)n1ccnc1. The number of nitrogens with zero attached hydrogens (tertiary/aromatic N) is 3. The van der Waals surface area contributed by atoms with Crippen molar-refractivity contribution < 1.29 is 4.79 Å². The van der Waals surface area contributed by atoms with Crippen molar-refractivity contribution in [1.29, 1.82) is 0 Å². The maximum Gasteiger partial charge on any atom is 0.326 e. The number of hydrogen-bond donors (Lipinski definition) is 2. The van der Waals surface area contributed by atoms with Crippen LogP contribution in [-0.4, -0.2) is 59.8 Å². The van der Waals surface area contributed by atoms with Crippen LogP contribution in [0.4, 0.5) is 4.79 Å². The molecule has 0 unspecified atom stereocenters. The molecule has 0 radical (unpaired) electrons. The van der Waals surface area contributed by atoms with Gasteiger partial charge in [-0.1, -0.05) is 0 Å². The van der Waals surface area contributed by atoms with Crippen LogP contribution < -0.4 is 10.6 Å². The predicted molar refractivity (Wildman–Crippen MR) is 65.0 cm³/mol. The number of rotatable bonds is 4. The average Bonchev–Trinajstić information content (AvgIpc) is 2.89. The molecule has 94 valence electrons. The van der Waals surface area contributed by atoms with Gasteiger partial charge in [0, 0.05) is 45.1 Å². The highest BCUT2D eigenvalue weighted by atomic mass is 16.2. The predicted octanol–water partition coefficient (Wildman–Crippen LogP) is -0.264. The number of carbonyl (C=O) groups excluding carboxylic acids is 1. The van der Waals surface area contributed by atoms with Gasteiger partial charge in [-0.2, -0.15) is 0 Å². The van der Waals surface area contributed by atoms with Crippen molar-refractivity contribution in [2.45, 2.75) is 6.42 Å². The molecule has 1 fully saturated rings. The molecule has 0 aromatic carbocycles. The normalized spacial score (nSPS) is 16.9. The number of imidazole rings is 1. The molecular weight excluding hydrogens is 218 g/mol. The molecular formula is C11H19N5O. The van der Waals surface area contributed by atoms with Crippen LogP contribution >= 0.6 is 0 Å². The molecule has 0 aliphatic carbocycles. The van der Waals surface area contributed by atoms with Crippen LogP contribution in [0.5, 0.6) is 0 Å². The van der Waals surface area contributed by atoms with E-state index in [0.29, 0.717) is 6.54 Å². The number of hydrogen-bond acceptors (Lipinski definition) is 4. The van der Waals surface area contributed by atoms with Gasteiger partial charge in [-0.3, -0.25) is 4.57 Å². The minimum atomic E-state index is -0.109. The summed E-state index contributed by atoms with van der Waals surface area (Å²) in [6.07, 6.45) is 5.73. The van der Waals surface area contributed by atoms with Gasteiger partial charge in [-0.25, -0.2) is 9.78 Å². The Hall–Kier alpha value is -1.40. The van der Waals surface area contributed by atoms with Gasteiger partial charge in [0.25, 0.3) is 0 Å². The van der Waals surface area contributed by atoms with Crippen LogP contribution in [0.25, 0.3) is 0 Å². The van der Waals surface area contributed by atoms with Crippen molar-refractivity contribution in [2.75, 3.05) is 39.3 Å². The standard InChI is InChI=1S/C11H19N5O/c17-11(16-9-5-13-10-16)14-2-1-6-15-7-3-12-4-8-15/h5,9-10,12H,1-4,6-8H2,(H,14,17). The van der Waals surface area contributed by atoms with Crippen LogP contribution in [0.2, 0.25) is 0 Å². The Bertz CT molecular complexity index is 332. The number of carbonyl (C=O) groups is 1. The highest BCUT2D eigenvalue weighted by molar-refractivity contribution is 5.76. The Labute approximate surface area is 101 Å². The van der Waals surface area contributed by atoms with Gasteiger partial charge >= 0.3 is 6.03 Å². The fraction of sp³-hybridized carbons (Fsp3) is 0.636. The van der Waals surface area contributed by atoms with Crippen molar-refractivity contribution in [1.82, 2.24) is 25.1 Å². The van der Waals surface area contributed by atoms with Gasteiger partial charge in [-0.15, -0.1) is 0 Å². The summed E-state index contributed by atoms with van der Waals surface area (Å²) in [5.41, 5.74) is 0. The van der Waals surface area contributed by atoms with E-state index in [0.717, 1.165) is 39.1 Å². The first-order chi connectivity index (χ1) is 8.36. The molecule has 2 heterocycles. The Balaban J connectivity index is 1.58.